The number of nitrogens with one attached hydrogen (secondary N) is 1. The molecule has 0 fully saturated rings. The first-order chi connectivity index (χ1) is 7.93. The van der Waals surface area contributed by atoms with Crippen molar-refractivity contribution in [3.8, 4) is 6.07 Å². The lowest BCUT2D eigenvalue weighted by atomic mass is 9.94. The van der Waals surface area contributed by atoms with E-state index >= 15 is 0 Å². The highest BCUT2D eigenvalue weighted by atomic mass is 16.6. The maximum Gasteiger partial charge on any atom is 0.372 e. The number of hydrogen-bond donors (Lipinski definition) is 1. The molecule has 0 aromatic heterocycles. The summed E-state index contributed by atoms with van der Waals surface area (Å²) in [4.78, 5) is 22.9. The van der Waals surface area contributed by atoms with Gasteiger partial charge in [0.1, 0.15) is 6.07 Å². The second-order valence-corrected chi connectivity index (χ2v) is 3.93. The zero-order chi connectivity index (χ0) is 13.1. The van der Waals surface area contributed by atoms with Gasteiger partial charge in [0.25, 0.3) is 5.72 Å². The number of carbonyl (C=O) groups is 2. The molecule has 0 spiro atoms. The Morgan fingerprint density at radius 3 is 2.82 bits per heavy atom. The van der Waals surface area contributed by atoms with Crippen molar-refractivity contribution in [2.45, 2.75) is 26.0 Å². The Hall–Kier alpha value is -2.03. The average molecular weight is 238 g/mol. The Balaban J connectivity index is 3.09. The molecular formula is C11H14N2O4. The summed E-state index contributed by atoms with van der Waals surface area (Å²) in [5.41, 5.74) is -1.60. The van der Waals surface area contributed by atoms with Crippen LogP contribution in [0.1, 0.15) is 20.3 Å². The van der Waals surface area contributed by atoms with Crippen LogP contribution in [0.5, 0.6) is 0 Å². The third kappa shape index (κ3) is 2.75. The number of nitrogens with zero attached hydrogens (tertiary/aromatic N) is 1. The van der Waals surface area contributed by atoms with Crippen molar-refractivity contribution in [3.05, 3.63) is 11.8 Å². The monoisotopic (exact) mass is 238 g/mol. The first kappa shape index (κ1) is 13.0. The van der Waals surface area contributed by atoms with E-state index in [-0.39, 0.29) is 18.1 Å². The van der Waals surface area contributed by atoms with Crippen LogP contribution < -0.4 is 5.32 Å². The highest BCUT2D eigenvalue weighted by Gasteiger charge is 2.47. The van der Waals surface area contributed by atoms with Gasteiger partial charge in [-0.15, -0.1) is 0 Å². The Morgan fingerprint density at radius 1 is 1.71 bits per heavy atom. The first-order valence-corrected chi connectivity index (χ1v) is 5.11. The molecule has 6 nitrogen and oxygen atoms in total. The van der Waals surface area contributed by atoms with Gasteiger partial charge in [-0.2, -0.15) is 5.26 Å². The molecule has 17 heavy (non-hydrogen) atoms. The van der Waals surface area contributed by atoms with Gasteiger partial charge in [0.2, 0.25) is 5.91 Å². The Bertz CT molecular complexity index is 410. The summed E-state index contributed by atoms with van der Waals surface area (Å²) >= 11 is 0. The molecule has 0 aliphatic carbocycles. The summed E-state index contributed by atoms with van der Waals surface area (Å²) in [6, 6.07) is 1.82. The molecule has 92 valence electrons. The van der Waals surface area contributed by atoms with Crippen molar-refractivity contribution in [1.82, 2.24) is 5.32 Å². The van der Waals surface area contributed by atoms with Crippen molar-refractivity contribution in [2.24, 2.45) is 5.92 Å². The van der Waals surface area contributed by atoms with Gasteiger partial charge in [-0.05, 0) is 12.0 Å². The van der Waals surface area contributed by atoms with E-state index in [0.29, 0.717) is 0 Å². The molecule has 0 bridgehead atoms. The van der Waals surface area contributed by atoms with E-state index in [9.17, 15) is 9.59 Å². The lowest BCUT2D eigenvalue weighted by Gasteiger charge is -2.35. The minimum absolute atomic E-state index is 0.00269. The van der Waals surface area contributed by atoms with Crippen LogP contribution in [0.4, 0.5) is 0 Å². The van der Waals surface area contributed by atoms with Crippen LogP contribution in [-0.2, 0) is 19.1 Å². The van der Waals surface area contributed by atoms with E-state index < -0.39 is 17.6 Å². The van der Waals surface area contributed by atoms with E-state index in [2.05, 4.69) is 10.1 Å². The zero-order valence-electron chi connectivity index (χ0n) is 9.94. The van der Waals surface area contributed by atoms with E-state index in [1.807, 2.05) is 13.0 Å². The van der Waals surface area contributed by atoms with E-state index in [1.54, 1.807) is 6.08 Å². The fraction of sp³-hybridized carbons (Fsp3) is 0.545. The van der Waals surface area contributed by atoms with Crippen LogP contribution >= 0.6 is 0 Å². The molecule has 2 unspecified atom stereocenters. The topological polar surface area (TPSA) is 88.4 Å². The number of hydrogen-bond acceptors (Lipinski definition) is 5. The number of esters is 1. The van der Waals surface area contributed by atoms with Gasteiger partial charge in [0.15, 0.2) is 5.76 Å². The molecule has 6 heteroatoms. The summed E-state index contributed by atoms with van der Waals surface area (Å²) in [5, 5.41) is 11.2. The largest absolute Gasteiger partial charge is 0.465 e. The van der Waals surface area contributed by atoms with Crippen LogP contribution in [0.15, 0.2) is 11.8 Å². The van der Waals surface area contributed by atoms with E-state index in [4.69, 9.17) is 10.00 Å². The molecule has 1 N–H and O–H groups in total. The fourth-order valence-corrected chi connectivity index (χ4v) is 1.80. The van der Waals surface area contributed by atoms with Crippen molar-refractivity contribution in [2.75, 3.05) is 7.11 Å². The summed E-state index contributed by atoms with van der Waals surface area (Å²) in [5.74, 6) is -1.23. The molecular weight excluding hydrogens is 224 g/mol. The predicted molar refractivity (Wildman–Crippen MR) is 57.1 cm³/mol. The minimum Gasteiger partial charge on any atom is -0.465 e. The van der Waals surface area contributed by atoms with Crippen molar-refractivity contribution in [1.29, 1.82) is 5.26 Å². The molecule has 0 radical (unpaired) electrons. The molecule has 0 saturated carbocycles. The Labute approximate surface area is 99.2 Å². The number of ether oxygens (including phenoxy) is 2. The SMILES string of the molecule is COC(=O)C1(NC(C)=O)CC(C)C=C(C#N)O1. The molecule has 2 atom stereocenters. The van der Waals surface area contributed by atoms with Gasteiger partial charge in [-0.3, -0.25) is 4.79 Å². The molecule has 0 aromatic rings. The molecule has 0 aromatic carbocycles. The van der Waals surface area contributed by atoms with Crippen LogP contribution in [0, 0.1) is 17.2 Å². The van der Waals surface area contributed by atoms with Crippen LogP contribution in [0.2, 0.25) is 0 Å². The minimum atomic E-state index is -1.60. The van der Waals surface area contributed by atoms with Gasteiger partial charge in [-0.1, -0.05) is 6.92 Å². The van der Waals surface area contributed by atoms with E-state index in [0.717, 1.165) is 0 Å². The van der Waals surface area contributed by atoms with Gasteiger partial charge < -0.3 is 14.8 Å². The maximum atomic E-state index is 11.7. The third-order valence-electron chi connectivity index (χ3n) is 2.33. The molecule has 1 aliphatic heterocycles. The van der Waals surface area contributed by atoms with Crippen molar-refractivity contribution < 1.29 is 19.1 Å². The van der Waals surface area contributed by atoms with Crippen LogP contribution in [0.3, 0.4) is 0 Å². The molecule has 1 rings (SSSR count). The third-order valence-corrected chi connectivity index (χ3v) is 2.33. The number of nitriles is 1. The highest BCUT2D eigenvalue weighted by molar-refractivity contribution is 5.86. The molecule has 1 aliphatic rings. The van der Waals surface area contributed by atoms with E-state index in [1.165, 1.54) is 14.0 Å². The van der Waals surface area contributed by atoms with Crippen LogP contribution in [-0.4, -0.2) is 24.7 Å². The number of allylic oxidation sites excluding steroid dienone is 2. The summed E-state index contributed by atoms with van der Waals surface area (Å²) in [6.45, 7) is 3.09. The predicted octanol–water partition coefficient (Wildman–Crippen LogP) is 0.456. The van der Waals surface area contributed by atoms with Gasteiger partial charge in [0, 0.05) is 13.3 Å². The standard InChI is InChI=1S/C11H14N2O4/c1-7-4-9(6-12)17-11(5-7,10(15)16-3)13-8(2)14/h4,7H,5H2,1-3H3,(H,13,14). The summed E-state index contributed by atoms with van der Waals surface area (Å²) in [6.07, 6.45) is 1.83. The normalized spacial score (nSPS) is 27.2. The fourth-order valence-electron chi connectivity index (χ4n) is 1.80. The quantitative estimate of drug-likeness (QED) is 0.706. The zero-order valence-corrected chi connectivity index (χ0v) is 9.94. The summed E-state index contributed by atoms with van der Waals surface area (Å²) < 4.78 is 9.87. The first-order valence-electron chi connectivity index (χ1n) is 5.11. The lowest BCUT2D eigenvalue weighted by molar-refractivity contribution is -0.174. The second kappa shape index (κ2) is 4.87. The Morgan fingerprint density at radius 2 is 2.35 bits per heavy atom. The average Bonchev–Trinajstić information content (AvgIpc) is 2.25. The number of carbonyl (C=O) groups excluding carboxylic acids is 2. The van der Waals surface area contributed by atoms with Crippen molar-refractivity contribution >= 4 is 11.9 Å². The molecule has 1 heterocycles. The van der Waals surface area contributed by atoms with Crippen LogP contribution in [0.25, 0.3) is 0 Å². The highest BCUT2D eigenvalue weighted by Crippen LogP contribution is 2.30. The Kier molecular flexibility index (Phi) is 3.73. The van der Waals surface area contributed by atoms with Gasteiger partial charge >= 0.3 is 5.97 Å². The number of rotatable bonds is 2. The lowest BCUT2D eigenvalue weighted by Crippen LogP contribution is -2.58. The van der Waals surface area contributed by atoms with Gasteiger partial charge in [-0.25, -0.2) is 4.79 Å². The van der Waals surface area contributed by atoms with Gasteiger partial charge in [0.05, 0.1) is 7.11 Å². The van der Waals surface area contributed by atoms with Crippen molar-refractivity contribution in [3.63, 3.8) is 0 Å². The second-order valence-electron chi connectivity index (χ2n) is 3.93. The molecule has 0 saturated heterocycles. The number of amides is 1. The smallest absolute Gasteiger partial charge is 0.372 e. The summed E-state index contributed by atoms with van der Waals surface area (Å²) in [7, 11) is 1.20. The number of methoxy groups -OCH3 is 1. The maximum absolute atomic E-state index is 11.7. The molecule has 1 amide bonds.